The third-order valence-electron chi connectivity index (χ3n) is 2.34. The fraction of sp³-hybridized carbons (Fsp3) is 1.00. The predicted octanol–water partition coefficient (Wildman–Crippen LogP) is 2.60. The van der Waals surface area contributed by atoms with Gasteiger partial charge in [0.25, 0.3) is 0 Å². The second-order valence-electron chi connectivity index (χ2n) is 3.53. The molecule has 0 aromatic rings. The molecule has 1 nitrogen and oxygen atoms in total. The second-order valence-corrected chi connectivity index (χ2v) is 3.53. The first-order chi connectivity index (χ1) is 4.74. The topological polar surface area (TPSA) is 9.23 Å². The average molecular weight is 142 g/mol. The smallest absolute Gasteiger partial charge is 0.0602 e. The molecular weight excluding hydrogens is 124 g/mol. The molecule has 1 fully saturated rings. The molecule has 0 bridgehead atoms. The lowest BCUT2D eigenvalue weighted by atomic mass is 10.0. The summed E-state index contributed by atoms with van der Waals surface area (Å²) in [6.07, 6.45) is 4.84. The predicted molar refractivity (Wildman–Crippen MR) is 43.0 cm³/mol. The molecule has 0 saturated carbocycles. The van der Waals surface area contributed by atoms with Crippen molar-refractivity contribution in [2.45, 2.75) is 52.2 Å². The van der Waals surface area contributed by atoms with Gasteiger partial charge >= 0.3 is 0 Å². The zero-order chi connectivity index (χ0) is 7.56. The monoisotopic (exact) mass is 142 g/mol. The third kappa shape index (κ3) is 1.72. The Morgan fingerprint density at radius 1 is 1.40 bits per heavy atom. The fourth-order valence-corrected chi connectivity index (χ4v) is 1.52. The molecule has 1 saturated heterocycles. The van der Waals surface area contributed by atoms with Gasteiger partial charge in [-0.25, -0.2) is 0 Å². The first-order valence-corrected chi connectivity index (χ1v) is 4.39. The molecule has 1 rings (SSSR count). The van der Waals surface area contributed by atoms with Crippen LogP contribution < -0.4 is 0 Å². The van der Waals surface area contributed by atoms with Crippen molar-refractivity contribution in [3.8, 4) is 0 Å². The highest BCUT2D eigenvalue weighted by Crippen LogP contribution is 2.26. The van der Waals surface area contributed by atoms with Gasteiger partial charge in [0.05, 0.1) is 12.2 Å². The molecule has 60 valence electrons. The molecule has 2 unspecified atom stereocenters. The minimum absolute atomic E-state index is 0.546. The standard InChI is InChI=1S/C9H18O/c1-4-8-5-6-9(10-8)7(2)3/h7-9H,4-6H2,1-3H3. The zero-order valence-corrected chi connectivity index (χ0v) is 7.26. The Kier molecular flexibility index (Phi) is 2.72. The quantitative estimate of drug-likeness (QED) is 0.576. The number of hydrogen-bond acceptors (Lipinski definition) is 1. The molecule has 0 radical (unpaired) electrons. The van der Waals surface area contributed by atoms with Crippen LogP contribution in [0.4, 0.5) is 0 Å². The molecule has 2 atom stereocenters. The van der Waals surface area contributed by atoms with Crippen molar-refractivity contribution in [3.63, 3.8) is 0 Å². The van der Waals surface area contributed by atoms with Crippen LogP contribution in [-0.4, -0.2) is 12.2 Å². The molecule has 1 heteroatoms. The minimum atomic E-state index is 0.546. The van der Waals surface area contributed by atoms with Crippen LogP contribution in [0.3, 0.4) is 0 Å². The van der Waals surface area contributed by atoms with Gasteiger partial charge in [0.2, 0.25) is 0 Å². The summed E-state index contributed by atoms with van der Waals surface area (Å²) in [4.78, 5) is 0. The first kappa shape index (κ1) is 8.06. The molecular formula is C9H18O. The summed E-state index contributed by atoms with van der Waals surface area (Å²) in [6, 6.07) is 0. The zero-order valence-electron chi connectivity index (χ0n) is 7.26. The Labute approximate surface area is 63.8 Å². The van der Waals surface area contributed by atoms with Crippen molar-refractivity contribution < 1.29 is 4.74 Å². The maximum Gasteiger partial charge on any atom is 0.0602 e. The molecule has 0 amide bonds. The highest BCUT2D eigenvalue weighted by atomic mass is 16.5. The van der Waals surface area contributed by atoms with Gasteiger partial charge < -0.3 is 4.74 Å². The van der Waals surface area contributed by atoms with E-state index >= 15 is 0 Å². The van der Waals surface area contributed by atoms with Crippen molar-refractivity contribution in [1.82, 2.24) is 0 Å². The number of ether oxygens (including phenoxy) is 1. The first-order valence-electron chi connectivity index (χ1n) is 4.39. The van der Waals surface area contributed by atoms with Gasteiger partial charge in [-0.3, -0.25) is 0 Å². The van der Waals surface area contributed by atoms with E-state index in [0.29, 0.717) is 18.1 Å². The van der Waals surface area contributed by atoms with Gasteiger partial charge in [-0.15, -0.1) is 0 Å². The number of hydrogen-bond donors (Lipinski definition) is 0. The Morgan fingerprint density at radius 3 is 2.40 bits per heavy atom. The molecule has 0 aromatic heterocycles. The highest BCUT2D eigenvalue weighted by molar-refractivity contribution is 4.74. The molecule has 1 aliphatic heterocycles. The summed E-state index contributed by atoms with van der Waals surface area (Å²) >= 11 is 0. The van der Waals surface area contributed by atoms with Gasteiger partial charge in [-0.2, -0.15) is 0 Å². The lowest BCUT2D eigenvalue weighted by Gasteiger charge is -2.15. The Morgan fingerprint density at radius 2 is 2.10 bits per heavy atom. The van der Waals surface area contributed by atoms with E-state index in [4.69, 9.17) is 4.74 Å². The van der Waals surface area contributed by atoms with E-state index in [1.807, 2.05) is 0 Å². The maximum absolute atomic E-state index is 5.77. The van der Waals surface area contributed by atoms with E-state index < -0.39 is 0 Å². The Hall–Kier alpha value is -0.0400. The van der Waals surface area contributed by atoms with Crippen LogP contribution in [-0.2, 0) is 4.74 Å². The van der Waals surface area contributed by atoms with E-state index in [1.54, 1.807) is 0 Å². The van der Waals surface area contributed by atoms with Gasteiger partial charge in [-0.05, 0) is 25.2 Å². The van der Waals surface area contributed by atoms with E-state index in [2.05, 4.69) is 20.8 Å². The molecule has 0 aliphatic carbocycles. The molecule has 1 aliphatic rings. The summed E-state index contributed by atoms with van der Waals surface area (Å²) in [5.74, 6) is 0.705. The fourth-order valence-electron chi connectivity index (χ4n) is 1.52. The van der Waals surface area contributed by atoms with Crippen molar-refractivity contribution in [2.24, 2.45) is 5.92 Å². The van der Waals surface area contributed by atoms with Crippen LogP contribution in [0.5, 0.6) is 0 Å². The summed E-state index contributed by atoms with van der Waals surface area (Å²) in [5, 5.41) is 0. The molecule has 0 N–H and O–H groups in total. The van der Waals surface area contributed by atoms with E-state index in [-0.39, 0.29) is 0 Å². The van der Waals surface area contributed by atoms with Crippen molar-refractivity contribution in [2.75, 3.05) is 0 Å². The van der Waals surface area contributed by atoms with Crippen molar-refractivity contribution in [3.05, 3.63) is 0 Å². The SMILES string of the molecule is CCC1CCC(C(C)C)O1. The van der Waals surface area contributed by atoms with Crippen LogP contribution in [0, 0.1) is 5.92 Å². The van der Waals surface area contributed by atoms with Crippen LogP contribution in [0.2, 0.25) is 0 Å². The van der Waals surface area contributed by atoms with Gasteiger partial charge in [-0.1, -0.05) is 20.8 Å². The summed E-state index contributed by atoms with van der Waals surface area (Å²) in [6.45, 7) is 6.68. The summed E-state index contributed by atoms with van der Waals surface area (Å²) in [5.41, 5.74) is 0. The second kappa shape index (κ2) is 3.38. The third-order valence-corrected chi connectivity index (χ3v) is 2.34. The Balaban J connectivity index is 2.28. The summed E-state index contributed by atoms with van der Waals surface area (Å²) in [7, 11) is 0. The van der Waals surface area contributed by atoms with Gasteiger partial charge in [0.15, 0.2) is 0 Å². The largest absolute Gasteiger partial charge is 0.375 e. The van der Waals surface area contributed by atoms with Crippen LogP contribution in [0.15, 0.2) is 0 Å². The highest BCUT2D eigenvalue weighted by Gasteiger charge is 2.25. The van der Waals surface area contributed by atoms with E-state index in [1.165, 1.54) is 19.3 Å². The maximum atomic E-state index is 5.77. The van der Waals surface area contributed by atoms with Crippen molar-refractivity contribution in [1.29, 1.82) is 0 Å². The normalized spacial score (nSPS) is 33.6. The van der Waals surface area contributed by atoms with Crippen molar-refractivity contribution >= 4 is 0 Å². The molecule has 1 heterocycles. The summed E-state index contributed by atoms with van der Waals surface area (Å²) < 4.78 is 5.77. The van der Waals surface area contributed by atoms with Crippen LogP contribution >= 0.6 is 0 Å². The van der Waals surface area contributed by atoms with Gasteiger partial charge in [0, 0.05) is 0 Å². The number of rotatable bonds is 2. The molecule has 10 heavy (non-hydrogen) atoms. The van der Waals surface area contributed by atoms with E-state index in [9.17, 15) is 0 Å². The Bertz CT molecular complexity index is 98.9. The van der Waals surface area contributed by atoms with Crippen LogP contribution in [0.25, 0.3) is 0 Å². The minimum Gasteiger partial charge on any atom is -0.375 e. The van der Waals surface area contributed by atoms with Gasteiger partial charge in [0.1, 0.15) is 0 Å². The molecule has 0 spiro atoms. The lowest BCUT2D eigenvalue weighted by molar-refractivity contribution is 0.0182. The van der Waals surface area contributed by atoms with E-state index in [0.717, 1.165) is 0 Å². The van der Waals surface area contributed by atoms with Crippen LogP contribution in [0.1, 0.15) is 40.0 Å². The molecule has 0 aromatic carbocycles. The average Bonchev–Trinajstić information content (AvgIpc) is 2.34. The lowest BCUT2D eigenvalue weighted by Crippen LogP contribution is -2.15.